The molecule has 2 aromatic carbocycles. The lowest BCUT2D eigenvalue weighted by atomic mass is 10.00. The number of nitrogens with one attached hydrogen (secondary N) is 2. The molecule has 33 heavy (non-hydrogen) atoms. The van der Waals surface area contributed by atoms with E-state index in [0.29, 0.717) is 23.3 Å². The van der Waals surface area contributed by atoms with Crippen molar-refractivity contribution in [3.63, 3.8) is 0 Å². The summed E-state index contributed by atoms with van der Waals surface area (Å²) in [6.45, 7) is 3.80. The van der Waals surface area contributed by atoms with Crippen LogP contribution in [0.1, 0.15) is 31.4 Å². The molecule has 0 fully saturated rings. The number of nitrogens with two attached hydrogens (primary N) is 1. The molecule has 2 aromatic rings. The quantitative estimate of drug-likeness (QED) is 0.473. The van der Waals surface area contributed by atoms with E-state index in [2.05, 4.69) is 10.6 Å². The van der Waals surface area contributed by atoms with E-state index < -0.39 is 35.9 Å². The van der Waals surface area contributed by atoms with Gasteiger partial charge in [0.05, 0.1) is 6.04 Å². The summed E-state index contributed by atoms with van der Waals surface area (Å²) in [5.41, 5.74) is 7.43. The number of aliphatic carboxylic acids is 1. The van der Waals surface area contributed by atoms with Gasteiger partial charge in [0.15, 0.2) is 11.5 Å². The van der Waals surface area contributed by atoms with E-state index in [9.17, 15) is 24.6 Å². The summed E-state index contributed by atoms with van der Waals surface area (Å²) in [4.78, 5) is 37.5. The number of carboxylic acids is 1. The molecule has 0 saturated heterocycles. The van der Waals surface area contributed by atoms with E-state index in [1.807, 2.05) is 13.8 Å². The minimum Gasteiger partial charge on any atom is -0.504 e. The third-order valence-electron chi connectivity index (χ3n) is 5.36. The molecule has 2 amide bonds. The Morgan fingerprint density at radius 3 is 2.36 bits per heavy atom. The van der Waals surface area contributed by atoms with Gasteiger partial charge in [0.2, 0.25) is 11.8 Å². The Morgan fingerprint density at radius 2 is 1.73 bits per heavy atom. The highest BCUT2D eigenvalue weighted by Crippen LogP contribution is 2.32. The number of phenolic OH excluding ortho intramolecular Hbond substituents is 1. The summed E-state index contributed by atoms with van der Waals surface area (Å²) in [5.74, 6) is -1.66. The van der Waals surface area contributed by atoms with E-state index in [1.54, 1.807) is 36.4 Å². The largest absolute Gasteiger partial charge is 0.504 e. The Hall–Kier alpha value is -3.59. The normalized spacial score (nSPS) is 21.6. The van der Waals surface area contributed by atoms with Crippen molar-refractivity contribution in [3.05, 3.63) is 53.6 Å². The molecule has 9 nitrogen and oxygen atoms in total. The number of rotatable bonds is 3. The molecule has 4 rings (SSSR count). The summed E-state index contributed by atoms with van der Waals surface area (Å²) in [6.07, 6.45) is 0.516. The Bertz CT molecular complexity index is 1020. The molecule has 0 aliphatic carbocycles. The Kier molecular flexibility index (Phi) is 7.55. The molecule has 3 atom stereocenters. The van der Waals surface area contributed by atoms with Gasteiger partial charge in [0.1, 0.15) is 17.8 Å². The van der Waals surface area contributed by atoms with E-state index >= 15 is 0 Å². The lowest BCUT2D eigenvalue weighted by Crippen LogP contribution is -2.55. The second-order valence-corrected chi connectivity index (χ2v) is 8.65. The van der Waals surface area contributed by atoms with Crippen LogP contribution >= 0.6 is 0 Å². The molecule has 2 aliphatic rings. The van der Waals surface area contributed by atoms with Crippen molar-refractivity contribution in [2.24, 2.45) is 11.7 Å². The molecule has 6 N–H and O–H groups in total. The van der Waals surface area contributed by atoms with Crippen LogP contribution in [0.25, 0.3) is 0 Å². The number of carboxylic acid groups (broad SMARTS) is 1. The number of carbonyl (C=O) groups excluding carboxylic acids is 2. The predicted molar refractivity (Wildman–Crippen MR) is 121 cm³/mol. The second-order valence-electron chi connectivity index (χ2n) is 8.65. The van der Waals surface area contributed by atoms with Gasteiger partial charge < -0.3 is 31.3 Å². The number of carbonyl (C=O) groups is 3. The third-order valence-corrected chi connectivity index (χ3v) is 5.36. The molecule has 4 bridgehead atoms. The number of benzene rings is 2. The van der Waals surface area contributed by atoms with E-state index in [-0.39, 0.29) is 30.3 Å². The number of hydrogen-bond acceptors (Lipinski definition) is 6. The van der Waals surface area contributed by atoms with Gasteiger partial charge in [0.25, 0.3) is 0 Å². The molecule has 0 radical (unpaired) electrons. The van der Waals surface area contributed by atoms with Crippen LogP contribution < -0.4 is 21.1 Å². The summed E-state index contributed by atoms with van der Waals surface area (Å²) in [5, 5.41) is 25.0. The number of phenols is 1. The zero-order valence-electron chi connectivity index (χ0n) is 18.6. The first-order chi connectivity index (χ1) is 15.6. The first kappa shape index (κ1) is 24.1. The molecule has 2 heterocycles. The summed E-state index contributed by atoms with van der Waals surface area (Å²) >= 11 is 0. The first-order valence-electron chi connectivity index (χ1n) is 10.8. The predicted octanol–water partition coefficient (Wildman–Crippen LogP) is 1.71. The maximum absolute atomic E-state index is 12.9. The van der Waals surface area contributed by atoms with Crippen LogP contribution in [0.4, 0.5) is 0 Å². The van der Waals surface area contributed by atoms with Gasteiger partial charge in [-0.3, -0.25) is 9.59 Å². The van der Waals surface area contributed by atoms with Crippen molar-refractivity contribution in [1.29, 1.82) is 0 Å². The smallest absolute Gasteiger partial charge is 0.326 e. The summed E-state index contributed by atoms with van der Waals surface area (Å²) in [7, 11) is 0. The third kappa shape index (κ3) is 6.45. The fourth-order valence-corrected chi connectivity index (χ4v) is 3.62. The van der Waals surface area contributed by atoms with Crippen molar-refractivity contribution in [2.45, 2.75) is 51.2 Å². The lowest BCUT2D eigenvalue weighted by Gasteiger charge is -2.24. The molecule has 176 valence electrons. The van der Waals surface area contributed by atoms with E-state index in [0.717, 1.165) is 0 Å². The molecular weight excluding hydrogens is 426 g/mol. The monoisotopic (exact) mass is 455 g/mol. The fraction of sp³-hybridized carbons (Fsp3) is 0.375. The van der Waals surface area contributed by atoms with Crippen LogP contribution in [0.15, 0.2) is 42.5 Å². The molecular formula is C24H29N3O6. The number of aromatic hydroxyl groups is 1. The molecule has 2 aliphatic heterocycles. The maximum Gasteiger partial charge on any atom is 0.326 e. The van der Waals surface area contributed by atoms with Crippen LogP contribution in [0.3, 0.4) is 0 Å². The zero-order chi connectivity index (χ0) is 24.1. The number of amides is 2. The highest BCUT2D eigenvalue weighted by Gasteiger charge is 2.29. The molecule has 9 heteroatoms. The Balaban J connectivity index is 1.98. The number of hydrogen-bond donors (Lipinski definition) is 5. The zero-order valence-corrected chi connectivity index (χ0v) is 18.6. The summed E-state index contributed by atoms with van der Waals surface area (Å²) < 4.78 is 5.76. The highest BCUT2D eigenvalue weighted by molar-refractivity contribution is 5.92. The second kappa shape index (κ2) is 10.4. The van der Waals surface area contributed by atoms with E-state index in [4.69, 9.17) is 10.5 Å². The molecule has 0 spiro atoms. The van der Waals surface area contributed by atoms with Gasteiger partial charge in [-0.2, -0.15) is 0 Å². The van der Waals surface area contributed by atoms with Gasteiger partial charge in [-0.05, 0) is 54.2 Å². The van der Waals surface area contributed by atoms with Crippen LogP contribution in [-0.4, -0.2) is 46.1 Å². The first-order valence-corrected chi connectivity index (χ1v) is 10.8. The molecule has 0 saturated carbocycles. The van der Waals surface area contributed by atoms with Gasteiger partial charge in [0, 0.05) is 6.42 Å². The van der Waals surface area contributed by atoms with Gasteiger partial charge in [-0.15, -0.1) is 0 Å². The fourth-order valence-electron chi connectivity index (χ4n) is 3.62. The van der Waals surface area contributed by atoms with Crippen LogP contribution in [0, 0.1) is 5.92 Å². The molecule has 0 aromatic heterocycles. The lowest BCUT2D eigenvalue weighted by molar-refractivity contribution is -0.142. The topological polar surface area (TPSA) is 151 Å². The van der Waals surface area contributed by atoms with Crippen molar-refractivity contribution >= 4 is 17.8 Å². The standard InChI is InChI=1S/C24H29N3O6/c1-13(2)9-18-23(30)27-19(24(31)32)11-14-3-6-16(7-4-14)33-21-12-15(5-8-20(21)28)10-17(25)22(29)26-18/h3-8,12-13,17-19,28H,9-11,25H2,1-2H3,(H,26,29)(H,27,30)(H,31,32)/t17-,18-,19-/m0/s1. The van der Waals surface area contributed by atoms with Crippen molar-refractivity contribution in [3.8, 4) is 17.2 Å². The maximum atomic E-state index is 12.9. The van der Waals surface area contributed by atoms with Gasteiger partial charge >= 0.3 is 5.97 Å². The summed E-state index contributed by atoms with van der Waals surface area (Å²) in [6, 6.07) is 8.33. The van der Waals surface area contributed by atoms with E-state index in [1.165, 1.54) is 6.07 Å². The average Bonchev–Trinajstić information content (AvgIpc) is 2.75. The minimum atomic E-state index is -1.19. The number of fused-ring (bicyclic) bond motifs is 10. The van der Waals surface area contributed by atoms with Gasteiger partial charge in [-0.25, -0.2) is 4.79 Å². The Labute approximate surface area is 191 Å². The van der Waals surface area contributed by atoms with Crippen LogP contribution in [-0.2, 0) is 27.2 Å². The SMILES string of the molecule is CC(C)C[C@@H]1NC(=O)[C@@H](N)Cc2ccc(O)c(c2)Oc2ccc(cc2)C[C@@H](C(=O)O)NC1=O. The van der Waals surface area contributed by atoms with Crippen LogP contribution in [0.5, 0.6) is 17.2 Å². The van der Waals surface area contributed by atoms with Crippen molar-refractivity contribution in [1.82, 2.24) is 10.6 Å². The average molecular weight is 456 g/mol. The number of ether oxygens (including phenoxy) is 1. The van der Waals surface area contributed by atoms with Crippen molar-refractivity contribution < 1.29 is 29.3 Å². The van der Waals surface area contributed by atoms with Gasteiger partial charge in [-0.1, -0.05) is 32.0 Å². The minimum absolute atomic E-state index is 0.0456. The molecule has 0 unspecified atom stereocenters. The Morgan fingerprint density at radius 1 is 1.06 bits per heavy atom. The highest BCUT2D eigenvalue weighted by atomic mass is 16.5. The van der Waals surface area contributed by atoms with Crippen LogP contribution in [0.2, 0.25) is 0 Å². The van der Waals surface area contributed by atoms with Crippen molar-refractivity contribution in [2.75, 3.05) is 0 Å².